The lowest BCUT2D eigenvalue weighted by Gasteiger charge is -2.52. The summed E-state index contributed by atoms with van der Waals surface area (Å²) in [7, 11) is 0. The predicted octanol–water partition coefficient (Wildman–Crippen LogP) is 0.850. The average Bonchev–Trinajstić information content (AvgIpc) is 3.16. The largest absolute Gasteiger partial charge is 0.392 e. The molecule has 1 saturated heterocycles. The third-order valence-electron chi connectivity index (χ3n) is 6.14. The summed E-state index contributed by atoms with van der Waals surface area (Å²) in [5.74, 6) is 0.505. The average molecular weight is 268 g/mol. The van der Waals surface area contributed by atoms with Crippen LogP contribution >= 0.6 is 0 Å². The van der Waals surface area contributed by atoms with Gasteiger partial charge in [-0.2, -0.15) is 0 Å². The molecule has 3 aliphatic rings. The van der Waals surface area contributed by atoms with Gasteiger partial charge in [0.25, 0.3) is 0 Å². The first kappa shape index (κ1) is 13.6. The van der Waals surface area contributed by atoms with Gasteiger partial charge in [0.2, 0.25) is 0 Å². The van der Waals surface area contributed by atoms with E-state index >= 15 is 0 Å². The van der Waals surface area contributed by atoms with Crippen LogP contribution in [0.5, 0.6) is 0 Å². The molecule has 3 rings (SSSR count). The smallest absolute Gasteiger partial charge is 0.146 e. The molecule has 7 atom stereocenters. The topological polar surface area (TPSA) is 73.2 Å². The molecule has 19 heavy (non-hydrogen) atoms. The van der Waals surface area contributed by atoms with Gasteiger partial charge in [-0.3, -0.25) is 0 Å². The van der Waals surface area contributed by atoms with E-state index in [0.29, 0.717) is 11.5 Å². The summed E-state index contributed by atoms with van der Waals surface area (Å²) in [5, 5.41) is 30.3. The first-order valence-electron chi connectivity index (χ1n) is 7.23. The van der Waals surface area contributed by atoms with Crippen molar-refractivity contribution in [3.05, 3.63) is 12.2 Å². The Morgan fingerprint density at radius 3 is 2.68 bits per heavy atom. The highest BCUT2D eigenvalue weighted by molar-refractivity contribution is 5.36. The lowest BCUT2D eigenvalue weighted by atomic mass is 9.52. The minimum atomic E-state index is -0.972. The van der Waals surface area contributed by atoms with Crippen LogP contribution in [-0.2, 0) is 4.74 Å². The lowest BCUT2D eigenvalue weighted by Crippen LogP contribution is -2.61. The van der Waals surface area contributed by atoms with Gasteiger partial charge in [-0.25, -0.2) is 0 Å². The third-order valence-corrected chi connectivity index (χ3v) is 6.14. The van der Waals surface area contributed by atoms with Crippen molar-refractivity contribution in [3.63, 3.8) is 0 Å². The Hall–Kier alpha value is -0.420. The first-order chi connectivity index (χ1) is 8.90. The Bertz CT molecular complexity index is 409. The van der Waals surface area contributed by atoms with Crippen molar-refractivity contribution in [2.24, 2.45) is 17.3 Å². The maximum absolute atomic E-state index is 10.5. The fourth-order valence-corrected chi connectivity index (χ4v) is 4.67. The molecular formula is C15H24O4. The number of hydrogen-bond donors (Lipinski definition) is 3. The zero-order valence-electron chi connectivity index (χ0n) is 11.7. The second-order valence-corrected chi connectivity index (χ2v) is 6.79. The van der Waals surface area contributed by atoms with Crippen LogP contribution in [0.3, 0.4) is 0 Å². The normalized spacial score (nSPS) is 56.2. The van der Waals surface area contributed by atoms with E-state index in [1.54, 1.807) is 0 Å². The van der Waals surface area contributed by atoms with E-state index in [0.717, 1.165) is 19.3 Å². The number of rotatable bonds is 2. The summed E-state index contributed by atoms with van der Waals surface area (Å²) in [5.41, 5.74) is -0.582. The number of aliphatic hydroxyl groups is 3. The summed E-state index contributed by atoms with van der Waals surface area (Å²) in [6.07, 6.45) is 1.25. The minimum Gasteiger partial charge on any atom is -0.392 e. The first-order valence-corrected chi connectivity index (χ1v) is 7.23. The van der Waals surface area contributed by atoms with Gasteiger partial charge in [0.1, 0.15) is 17.8 Å². The SMILES string of the molecule is C=C(CO)[C@]12O[C@H]1[C@@]1(C)[C@H](CCC[C@@H]1C)[C@@H](O)[C@@H]2O. The molecular weight excluding hydrogens is 244 g/mol. The quantitative estimate of drug-likeness (QED) is 0.513. The van der Waals surface area contributed by atoms with Crippen molar-refractivity contribution in [2.45, 2.75) is 57.0 Å². The van der Waals surface area contributed by atoms with Gasteiger partial charge in [0, 0.05) is 5.41 Å². The van der Waals surface area contributed by atoms with Crippen LogP contribution in [0.25, 0.3) is 0 Å². The van der Waals surface area contributed by atoms with Crippen LogP contribution in [0, 0.1) is 17.3 Å². The molecule has 2 saturated carbocycles. The molecule has 4 heteroatoms. The van der Waals surface area contributed by atoms with Crippen LogP contribution in [-0.4, -0.2) is 45.8 Å². The molecule has 2 aliphatic carbocycles. The fourth-order valence-electron chi connectivity index (χ4n) is 4.67. The molecule has 108 valence electrons. The van der Waals surface area contributed by atoms with Gasteiger partial charge < -0.3 is 20.1 Å². The summed E-state index contributed by atoms with van der Waals surface area (Å²) in [6, 6.07) is 0. The van der Waals surface area contributed by atoms with Crippen LogP contribution in [0.15, 0.2) is 12.2 Å². The number of epoxide rings is 1. The lowest BCUT2D eigenvalue weighted by molar-refractivity contribution is -0.126. The second-order valence-electron chi connectivity index (χ2n) is 6.79. The van der Waals surface area contributed by atoms with E-state index in [2.05, 4.69) is 20.4 Å². The van der Waals surface area contributed by atoms with Crippen molar-refractivity contribution in [1.29, 1.82) is 0 Å². The van der Waals surface area contributed by atoms with Crippen LogP contribution in [0.2, 0.25) is 0 Å². The van der Waals surface area contributed by atoms with Crippen molar-refractivity contribution < 1.29 is 20.1 Å². The molecule has 0 amide bonds. The predicted molar refractivity (Wildman–Crippen MR) is 70.5 cm³/mol. The van der Waals surface area contributed by atoms with Gasteiger partial charge in [-0.1, -0.05) is 33.3 Å². The van der Waals surface area contributed by atoms with E-state index in [4.69, 9.17) is 4.74 Å². The van der Waals surface area contributed by atoms with Crippen molar-refractivity contribution in [2.75, 3.05) is 6.61 Å². The molecule has 0 spiro atoms. The zero-order valence-corrected chi connectivity index (χ0v) is 11.7. The molecule has 0 aromatic heterocycles. The highest BCUT2D eigenvalue weighted by Crippen LogP contribution is 2.66. The second kappa shape index (κ2) is 4.04. The van der Waals surface area contributed by atoms with Crippen molar-refractivity contribution in [1.82, 2.24) is 0 Å². The van der Waals surface area contributed by atoms with Gasteiger partial charge in [-0.15, -0.1) is 0 Å². The Balaban J connectivity index is 2.02. The summed E-state index contributed by atoms with van der Waals surface area (Å²) < 4.78 is 5.87. The fraction of sp³-hybridized carbons (Fsp3) is 0.867. The van der Waals surface area contributed by atoms with E-state index in [1.807, 2.05) is 0 Å². The van der Waals surface area contributed by atoms with Crippen molar-refractivity contribution in [3.8, 4) is 0 Å². The van der Waals surface area contributed by atoms with Crippen LogP contribution < -0.4 is 0 Å². The van der Waals surface area contributed by atoms with Crippen LogP contribution in [0.4, 0.5) is 0 Å². The molecule has 0 aromatic carbocycles. The monoisotopic (exact) mass is 268 g/mol. The summed E-state index contributed by atoms with van der Waals surface area (Å²) in [4.78, 5) is 0. The Morgan fingerprint density at radius 1 is 1.37 bits per heavy atom. The van der Waals surface area contributed by atoms with Gasteiger partial charge >= 0.3 is 0 Å². The molecule has 0 aromatic rings. The highest BCUT2D eigenvalue weighted by Gasteiger charge is 2.77. The standard InChI is InChI=1S/C15H24O4/c1-8-5-4-6-10-11(17)12(18)15(9(2)7-16)13(19-15)14(8,10)3/h8,10-13,16-18H,2,4-7H2,1,3H3/t8-,10+,11+,12-,13-,14+,15+/m0/s1. The van der Waals surface area contributed by atoms with E-state index in [1.165, 1.54) is 0 Å². The molecule has 1 heterocycles. The van der Waals surface area contributed by atoms with Gasteiger partial charge in [-0.05, 0) is 23.8 Å². The number of ether oxygens (including phenoxy) is 1. The van der Waals surface area contributed by atoms with Crippen LogP contribution in [0.1, 0.15) is 33.1 Å². The number of fused-ring (bicyclic) bond motifs is 3. The number of hydrogen-bond acceptors (Lipinski definition) is 4. The molecule has 1 aliphatic heterocycles. The molecule has 0 bridgehead atoms. The van der Waals surface area contributed by atoms with Crippen molar-refractivity contribution >= 4 is 0 Å². The van der Waals surface area contributed by atoms with E-state index in [-0.39, 0.29) is 24.0 Å². The van der Waals surface area contributed by atoms with Gasteiger partial charge in [0.05, 0.1) is 12.7 Å². The third kappa shape index (κ3) is 1.43. The highest BCUT2D eigenvalue weighted by atomic mass is 16.6. The summed E-state index contributed by atoms with van der Waals surface area (Å²) in [6.45, 7) is 7.99. The van der Waals surface area contributed by atoms with E-state index in [9.17, 15) is 15.3 Å². The molecule has 0 radical (unpaired) electrons. The molecule has 3 fully saturated rings. The summed E-state index contributed by atoms with van der Waals surface area (Å²) >= 11 is 0. The molecule has 4 nitrogen and oxygen atoms in total. The van der Waals surface area contributed by atoms with E-state index < -0.39 is 17.8 Å². The van der Waals surface area contributed by atoms with Gasteiger partial charge in [0.15, 0.2) is 0 Å². The molecule has 3 N–H and O–H groups in total. The zero-order chi connectivity index (χ0) is 14.0. The molecule has 0 unspecified atom stereocenters. The Morgan fingerprint density at radius 2 is 2.05 bits per heavy atom. The maximum Gasteiger partial charge on any atom is 0.146 e. The number of aliphatic hydroxyl groups excluding tert-OH is 3. The Labute approximate surface area is 114 Å². The Kier molecular flexibility index (Phi) is 2.88. The minimum absolute atomic E-state index is 0.0679. The maximum atomic E-state index is 10.5.